The first kappa shape index (κ1) is 7.80. The van der Waals surface area contributed by atoms with Gasteiger partial charge >= 0.3 is 0 Å². The van der Waals surface area contributed by atoms with Crippen LogP contribution in [-0.2, 0) is 5.54 Å². The van der Waals surface area contributed by atoms with Gasteiger partial charge in [-0.15, -0.1) is 0 Å². The van der Waals surface area contributed by atoms with Gasteiger partial charge in [0.1, 0.15) is 5.54 Å². The minimum absolute atomic E-state index is 0.533. The van der Waals surface area contributed by atoms with Crippen molar-refractivity contribution in [2.45, 2.75) is 26.3 Å². The Morgan fingerprint density at radius 1 is 1.64 bits per heavy atom. The highest BCUT2D eigenvalue weighted by Gasteiger charge is 2.18. The maximum atomic E-state index is 8.75. The highest BCUT2D eigenvalue weighted by atomic mass is 15.3. The minimum Gasteiger partial charge on any atom is -0.253 e. The highest BCUT2D eigenvalue weighted by molar-refractivity contribution is 5.06. The normalized spacial score (nSPS) is 11.1. The molecule has 3 heteroatoms. The molecule has 1 aromatic rings. The lowest BCUT2D eigenvalue weighted by Gasteiger charge is -2.14. The number of hydrogen-bond acceptors (Lipinski definition) is 2. The van der Waals surface area contributed by atoms with E-state index in [0.29, 0.717) is 0 Å². The van der Waals surface area contributed by atoms with Gasteiger partial charge in [-0.1, -0.05) is 0 Å². The van der Waals surface area contributed by atoms with E-state index in [1.807, 2.05) is 27.0 Å². The van der Waals surface area contributed by atoms with Gasteiger partial charge in [0.05, 0.1) is 12.3 Å². The molecule has 0 aliphatic heterocycles. The summed E-state index contributed by atoms with van der Waals surface area (Å²) in [7, 11) is 0. The summed E-state index contributed by atoms with van der Waals surface area (Å²) in [6.45, 7) is 5.62. The molecule has 58 valence electrons. The molecule has 0 N–H and O–H groups in total. The van der Waals surface area contributed by atoms with E-state index in [0.717, 1.165) is 5.56 Å². The number of rotatable bonds is 1. The Morgan fingerprint density at radius 3 is 2.64 bits per heavy atom. The van der Waals surface area contributed by atoms with Gasteiger partial charge in [0, 0.05) is 6.20 Å². The van der Waals surface area contributed by atoms with Gasteiger partial charge in [0.25, 0.3) is 0 Å². The van der Waals surface area contributed by atoms with Crippen LogP contribution < -0.4 is 0 Å². The Bertz CT molecular complexity index is 291. The summed E-state index contributed by atoms with van der Waals surface area (Å²) in [6.07, 6.45) is 3.61. The van der Waals surface area contributed by atoms with Crippen molar-refractivity contribution in [3.05, 3.63) is 18.0 Å². The third-order valence-corrected chi connectivity index (χ3v) is 1.56. The van der Waals surface area contributed by atoms with Crippen LogP contribution in [0.4, 0.5) is 0 Å². The summed E-state index contributed by atoms with van der Waals surface area (Å²) < 4.78 is 1.67. The molecule has 0 aliphatic carbocycles. The Morgan fingerprint density at radius 2 is 2.27 bits per heavy atom. The zero-order valence-corrected chi connectivity index (χ0v) is 7.00. The summed E-state index contributed by atoms with van der Waals surface area (Å²) in [5.74, 6) is 0. The summed E-state index contributed by atoms with van der Waals surface area (Å²) in [5, 5.41) is 12.8. The second-order valence-electron chi connectivity index (χ2n) is 3.13. The molecule has 1 heterocycles. The zero-order chi connectivity index (χ0) is 8.48. The molecule has 1 rings (SSSR count). The summed E-state index contributed by atoms with van der Waals surface area (Å²) in [5.41, 5.74) is 0.544. The second-order valence-corrected chi connectivity index (χ2v) is 3.13. The van der Waals surface area contributed by atoms with E-state index in [2.05, 4.69) is 11.2 Å². The van der Waals surface area contributed by atoms with Gasteiger partial charge in [-0.2, -0.15) is 10.4 Å². The Hall–Kier alpha value is -1.30. The molecule has 0 bridgehead atoms. The minimum atomic E-state index is -0.533. The van der Waals surface area contributed by atoms with Crippen molar-refractivity contribution in [2.24, 2.45) is 0 Å². The Kier molecular flexibility index (Phi) is 1.69. The third kappa shape index (κ3) is 1.40. The van der Waals surface area contributed by atoms with E-state index in [4.69, 9.17) is 5.26 Å². The van der Waals surface area contributed by atoms with Crippen molar-refractivity contribution in [3.8, 4) is 6.07 Å². The predicted molar refractivity (Wildman–Crippen MR) is 41.9 cm³/mol. The van der Waals surface area contributed by atoms with Gasteiger partial charge in [0.2, 0.25) is 0 Å². The lowest BCUT2D eigenvalue weighted by Crippen LogP contribution is -2.24. The zero-order valence-electron chi connectivity index (χ0n) is 7.00. The topological polar surface area (TPSA) is 41.6 Å². The number of aryl methyl sites for hydroxylation is 1. The molecule has 0 fully saturated rings. The Balaban J connectivity index is 3.04. The average Bonchev–Trinajstić information content (AvgIpc) is 2.36. The van der Waals surface area contributed by atoms with Crippen LogP contribution in [0.1, 0.15) is 19.4 Å². The first-order valence-corrected chi connectivity index (χ1v) is 3.49. The third-order valence-electron chi connectivity index (χ3n) is 1.56. The molecule has 0 atom stereocenters. The lowest BCUT2D eigenvalue weighted by atomic mass is 10.1. The summed E-state index contributed by atoms with van der Waals surface area (Å²) >= 11 is 0. The number of nitrogens with zero attached hydrogens (tertiary/aromatic N) is 3. The van der Waals surface area contributed by atoms with Crippen molar-refractivity contribution in [1.29, 1.82) is 5.26 Å². The molecule has 11 heavy (non-hydrogen) atoms. The fourth-order valence-electron chi connectivity index (χ4n) is 0.770. The quantitative estimate of drug-likeness (QED) is 0.606. The molecule has 0 aliphatic rings. The first-order valence-electron chi connectivity index (χ1n) is 3.49. The van der Waals surface area contributed by atoms with Crippen LogP contribution in [0.2, 0.25) is 0 Å². The van der Waals surface area contributed by atoms with Crippen molar-refractivity contribution < 1.29 is 0 Å². The molecule has 3 nitrogen and oxygen atoms in total. The van der Waals surface area contributed by atoms with Crippen molar-refractivity contribution in [2.75, 3.05) is 0 Å². The molecule has 1 aromatic heterocycles. The van der Waals surface area contributed by atoms with E-state index in [9.17, 15) is 0 Å². The van der Waals surface area contributed by atoms with Crippen molar-refractivity contribution in [3.63, 3.8) is 0 Å². The van der Waals surface area contributed by atoms with Crippen LogP contribution >= 0.6 is 0 Å². The summed E-state index contributed by atoms with van der Waals surface area (Å²) in [6, 6.07) is 2.17. The smallest absolute Gasteiger partial charge is 0.143 e. The van der Waals surface area contributed by atoms with Crippen LogP contribution in [0, 0.1) is 18.3 Å². The van der Waals surface area contributed by atoms with Crippen LogP contribution in [0.3, 0.4) is 0 Å². The maximum Gasteiger partial charge on any atom is 0.143 e. The molecule has 0 aromatic carbocycles. The van der Waals surface area contributed by atoms with Gasteiger partial charge < -0.3 is 0 Å². The molecular weight excluding hydrogens is 138 g/mol. The monoisotopic (exact) mass is 149 g/mol. The van der Waals surface area contributed by atoms with Gasteiger partial charge in [-0.3, -0.25) is 4.68 Å². The standard InChI is InChI=1S/C8H11N3/c1-7-4-10-11(5-7)8(2,3)6-9/h4-5H,1-3H3. The van der Waals surface area contributed by atoms with Crippen LogP contribution in [-0.4, -0.2) is 9.78 Å². The van der Waals surface area contributed by atoms with Crippen molar-refractivity contribution in [1.82, 2.24) is 9.78 Å². The molecule has 0 spiro atoms. The van der Waals surface area contributed by atoms with Crippen LogP contribution in [0.15, 0.2) is 12.4 Å². The van der Waals surface area contributed by atoms with Crippen LogP contribution in [0.5, 0.6) is 0 Å². The summed E-state index contributed by atoms with van der Waals surface area (Å²) in [4.78, 5) is 0. The maximum absolute atomic E-state index is 8.75. The van der Waals surface area contributed by atoms with E-state index in [-0.39, 0.29) is 0 Å². The van der Waals surface area contributed by atoms with Crippen molar-refractivity contribution >= 4 is 0 Å². The SMILES string of the molecule is Cc1cnn(C(C)(C)C#N)c1. The van der Waals surface area contributed by atoms with E-state index in [1.54, 1.807) is 10.9 Å². The van der Waals surface area contributed by atoms with E-state index < -0.39 is 5.54 Å². The molecule has 0 amide bonds. The fourth-order valence-corrected chi connectivity index (χ4v) is 0.770. The second kappa shape index (κ2) is 2.39. The first-order chi connectivity index (χ1) is 5.06. The predicted octanol–water partition coefficient (Wildman–Crippen LogP) is 1.45. The van der Waals surface area contributed by atoms with Gasteiger partial charge in [0.15, 0.2) is 0 Å². The molecule has 0 saturated heterocycles. The van der Waals surface area contributed by atoms with Crippen LogP contribution in [0.25, 0.3) is 0 Å². The number of hydrogen-bond donors (Lipinski definition) is 0. The van der Waals surface area contributed by atoms with E-state index in [1.165, 1.54) is 0 Å². The molecule has 0 radical (unpaired) electrons. The molecule has 0 saturated carbocycles. The Labute approximate surface area is 66.3 Å². The largest absolute Gasteiger partial charge is 0.253 e. The molecule has 0 unspecified atom stereocenters. The molecular formula is C8H11N3. The van der Waals surface area contributed by atoms with Gasteiger partial charge in [-0.25, -0.2) is 0 Å². The van der Waals surface area contributed by atoms with E-state index >= 15 is 0 Å². The fraction of sp³-hybridized carbons (Fsp3) is 0.500. The average molecular weight is 149 g/mol. The highest BCUT2D eigenvalue weighted by Crippen LogP contribution is 2.12. The number of aromatic nitrogens is 2. The lowest BCUT2D eigenvalue weighted by molar-refractivity contribution is 0.418. The number of nitriles is 1. The van der Waals surface area contributed by atoms with Gasteiger partial charge in [-0.05, 0) is 26.3 Å².